The van der Waals surface area contributed by atoms with Gasteiger partial charge in [0.15, 0.2) is 0 Å². The van der Waals surface area contributed by atoms with Gasteiger partial charge in [0, 0.05) is 6.61 Å². The van der Waals surface area contributed by atoms with E-state index in [1.807, 2.05) is 0 Å². The number of carbonyl (C=O) groups is 1. The van der Waals surface area contributed by atoms with E-state index in [9.17, 15) is 9.90 Å². The molecule has 2 rings (SSSR count). The van der Waals surface area contributed by atoms with Crippen molar-refractivity contribution in [3.05, 3.63) is 0 Å². The summed E-state index contributed by atoms with van der Waals surface area (Å²) in [6.45, 7) is 0.280. The largest absolute Gasteiger partial charge is 0.469 e. The number of aliphatic hydroxyl groups excluding tert-OH is 1. The average molecular weight is 212 g/mol. The van der Waals surface area contributed by atoms with Crippen LogP contribution < -0.4 is 0 Å². The molecular weight excluding hydrogens is 192 g/mol. The van der Waals surface area contributed by atoms with Crippen LogP contribution in [0.1, 0.15) is 38.5 Å². The minimum Gasteiger partial charge on any atom is -0.469 e. The van der Waals surface area contributed by atoms with Crippen LogP contribution in [0.25, 0.3) is 0 Å². The summed E-state index contributed by atoms with van der Waals surface area (Å²) in [7, 11) is 1.48. The van der Waals surface area contributed by atoms with Crippen molar-refractivity contribution >= 4 is 5.97 Å². The molecule has 3 heteroatoms. The Bertz CT molecular complexity index is 251. The fourth-order valence-electron chi connectivity index (χ4n) is 3.48. The van der Waals surface area contributed by atoms with E-state index in [-0.39, 0.29) is 18.0 Å². The highest BCUT2D eigenvalue weighted by Gasteiger charge is 2.48. The predicted molar refractivity (Wildman–Crippen MR) is 56.2 cm³/mol. The Labute approximate surface area is 90.8 Å². The molecule has 0 spiro atoms. The van der Waals surface area contributed by atoms with E-state index in [4.69, 9.17) is 4.74 Å². The second-order valence-corrected chi connectivity index (χ2v) is 5.11. The molecule has 2 aliphatic rings. The van der Waals surface area contributed by atoms with Crippen molar-refractivity contribution in [3.63, 3.8) is 0 Å². The standard InChI is InChI=1S/C12H20O3/c1-15-11(14)12-5-2-3-9(7-12)10(8-13)4-6-12/h9-10,13H,2-8H2,1H3. The number of rotatable bonds is 2. The van der Waals surface area contributed by atoms with Crippen LogP contribution in [0.3, 0.4) is 0 Å². The van der Waals surface area contributed by atoms with Gasteiger partial charge in [-0.05, 0) is 37.5 Å². The molecule has 0 radical (unpaired) electrons. The van der Waals surface area contributed by atoms with E-state index in [2.05, 4.69) is 0 Å². The van der Waals surface area contributed by atoms with E-state index in [1.54, 1.807) is 0 Å². The molecule has 3 atom stereocenters. The van der Waals surface area contributed by atoms with Crippen LogP contribution in [-0.2, 0) is 9.53 Å². The van der Waals surface area contributed by atoms with Gasteiger partial charge in [0.05, 0.1) is 12.5 Å². The zero-order valence-corrected chi connectivity index (χ0v) is 9.37. The number of hydrogen-bond donors (Lipinski definition) is 1. The van der Waals surface area contributed by atoms with Crippen molar-refractivity contribution in [2.24, 2.45) is 17.3 Å². The van der Waals surface area contributed by atoms with E-state index >= 15 is 0 Å². The van der Waals surface area contributed by atoms with Crippen LogP contribution in [-0.4, -0.2) is 24.8 Å². The molecule has 0 aromatic heterocycles. The summed E-state index contributed by atoms with van der Waals surface area (Å²) in [4.78, 5) is 11.8. The van der Waals surface area contributed by atoms with E-state index in [0.717, 1.165) is 32.1 Å². The molecule has 15 heavy (non-hydrogen) atoms. The third-order valence-corrected chi connectivity index (χ3v) is 4.40. The fourth-order valence-corrected chi connectivity index (χ4v) is 3.48. The monoisotopic (exact) mass is 212 g/mol. The molecule has 0 saturated heterocycles. The van der Waals surface area contributed by atoms with E-state index < -0.39 is 0 Å². The summed E-state index contributed by atoms with van der Waals surface area (Å²) < 4.78 is 4.93. The van der Waals surface area contributed by atoms with Gasteiger partial charge in [-0.2, -0.15) is 0 Å². The first kappa shape index (κ1) is 10.9. The Kier molecular flexibility index (Phi) is 3.01. The first-order valence-electron chi connectivity index (χ1n) is 5.91. The highest BCUT2D eigenvalue weighted by atomic mass is 16.5. The van der Waals surface area contributed by atoms with Crippen molar-refractivity contribution in [1.82, 2.24) is 0 Å². The quantitative estimate of drug-likeness (QED) is 0.709. The highest BCUT2D eigenvalue weighted by Crippen LogP contribution is 2.51. The Balaban J connectivity index is 2.13. The number of carbonyl (C=O) groups excluding carboxylic acids is 1. The number of ether oxygens (including phenoxy) is 1. The van der Waals surface area contributed by atoms with Crippen molar-refractivity contribution in [3.8, 4) is 0 Å². The summed E-state index contributed by atoms with van der Waals surface area (Å²) in [5.41, 5.74) is -0.205. The Morgan fingerprint density at radius 2 is 2.27 bits per heavy atom. The SMILES string of the molecule is COC(=O)C12CCCC(C1)C(CO)CC2. The van der Waals surface area contributed by atoms with Gasteiger partial charge in [-0.15, -0.1) is 0 Å². The lowest BCUT2D eigenvalue weighted by molar-refractivity contribution is -0.160. The number of hydrogen-bond acceptors (Lipinski definition) is 3. The summed E-state index contributed by atoms with van der Waals surface area (Å²) in [5.74, 6) is 0.934. The molecule has 0 aromatic rings. The lowest BCUT2D eigenvalue weighted by atomic mass is 9.58. The molecule has 0 aliphatic heterocycles. The van der Waals surface area contributed by atoms with Gasteiger partial charge >= 0.3 is 5.97 Å². The first-order valence-corrected chi connectivity index (χ1v) is 5.91. The zero-order chi connectivity index (χ0) is 10.9. The normalized spacial score (nSPS) is 39.9. The maximum atomic E-state index is 11.8. The van der Waals surface area contributed by atoms with E-state index in [1.165, 1.54) is 13.5 Å². The summed E-state index contributed by atoms with van der Waals surface area (Å²) in [6.07, 6.45) is 6.08. The van der Waals surface area contributed by atoms with Crippen LogP contribution in [0, 0.1) is 17.3 Å². The molecular formula is C12H20O3. The van der Waals surface area contributed by atoms with Crippen LogP contribution in [0.15, 0.2) is 0 Å². The third-order valence-electron chi connectivity index (χ3n) is 4.40. The number of aliphatic hydroxyl groups is 1. The molecule has 0 aromatic carbocycles. The maximum Gasteiger partial charge on any atom is 0.311 e. The van der Waals surface area contributed by atoms with Gasteiger partial charge in [0.2, 0.25) is 0 Å². The van der Waals surface area contributed by atoms with Gasteiger partial charge in [-0.25, -0.2) is 0 Å². The number of methoxy groups -OCH3 is 1. The molecule has 0 heterocycles. The molecule has 3 nitrogen and oxygen atoms in total. The maximum absolute atomic E-state index is 11.8. The lowest BCUT2D eigenvalue weighted by Gasteiger charge is -2.46. The zero-order valence-electron chi connectivity index (χ0n) is 9.37. The van der Waals surface area contributed by atoms with Gasteiger partial charge in [0.25, 0.3) is 0 Å². The topological polar surface area (TPSA) is 46.5 Å². The van der Waals surface area contributed by atoms with Gasteiger partial charge < -0.3 is 9.84 Å². The molecule has 3 unspecified atom stereocenters. The highest BCUT2D eigenvalue weighted by molar-refractivity contribution is 5.77. The minimum atomic E-state index is -0.205. The van der Waals surface area contributed by atoms with Gasteiger partial charge in [-0.3, -0.25) is 4.79 Å². The van der Waals surface area contributed by atoms with Crippen molar-refractivity contribution in [1.29, 1.82) is 0 Å². The fraction of sp³-hybridized carbons (Fsp3) is 0.917. The van der Waals surface area contributed by atoms with Crippen molar-refractivity contribution in [2.75, 3.05) is 13.7 Å². The molecule has 1 N–H and O–H groups in total. The predicted octanol–water partition coefficient (Wildman–Crippen LogP) is 1.74. The second kappa shape index (κ2) is 4.12. The van der Waals surface area contributed by atoms with Gasteiger partial charge in [-0.1, -0.05) is 12.8 Å². The molecule has 86 valence electrons. The summed E-state index contributed by atoms with van der Waals surface area (Å²) in [5, 5.41) is 9.27. The molecule has 2 bridgehead atoms. The third kappa shape index (κ3) is 1.78. The van der Waals surface area contributed by atoms with Crippen LogP contribution in [0.4, 0.5) is 0 Å². The van der Waals surface area contributed by atoms with Crippen LogP contribution in [0.2, 0.25) is 0 Å². The second-order valence-electron chi connectivity index (χ2n) is 5.11. The van der Waals surface area contributed by atoms with Crippen molar-refractivity contribution < 1.29 is 14.6 Å². The van der Waals surface area contributed by atoms with Crippen LogP contribution in [0.5, 0.6) is 0 Å². The Hall–Kier alpha value is -0.570. The average Bonchev–Trinajstić information content (AvgIpc) is 2.28. The Morgan fingerprint density at radius 1 is 1.47 bits per heavy atom. The van der Waals surface area contributed by atoms with E-state index in [0.29, 0.717) is 11.8 Å². The molecule has 2 aliphatic carbocycles. The number of fused-ring (bicyclic) bond motifs is 2. The smallest absolute Gasteiger partial charge is 0.311 e. The number of esters is 1. The molecule has 0 amide bonds. The summed E-state index contributed by atoms with van der Waals surface area (Å²) in [6, 6.07) is 0. The molecule has 2 fully saturated rings. The Morgan fingerprint density at radius 3 is 2.93 bits per heavy atom. The molecule has 2 saturated carbocycles. The first-order chi connectivity index (χ1) is 7.22. The van der Waals surface area contributed by atoms with Crippen molar-refractivity contribution in [2.45, 2.75) is 38.5 Å². The lowest BCUT2D eigenvalue weighted by Crippen LogP contribution is -2.44. The van der Waals surface area contributed by atoms with Gasteiger partial charge in [0.1, 0.15) is 0 Å². The minimum absolute atomic E-state index is 0.0245. The van der Waals surface area contributed by atoms with Crippen LogP contribution >= 0.6 is 0 Å². The summed E-state index contributed by atoms with van der Waals surface area (Å²) >= 11 is 0.